The van der Waals surface area contributed by atoms with Crippen molar-refractivity contribution in [3.8, 4) is 0 Å². The molecule has 24 heavy (non-hydrogen) atoms. The van der Waals surface area contributed by atoms with E-state index in [0.29, 0.717) is 16.4 Å². The van der Waals surface area contributed by atoms with Crippen molar-refractivity contribution < 1.29 is 13.2 Å². The number of nitrogens with zero attached hydrogens (tertiary/aromatic N) is 1. The van der Waals surface area contributed by atoms with Gasteiger partial charge < -0.3 is 5.32 Å². The topological polar surface area (TPSA) is 66.5 Å². The molecule has 0 fully saturated rings. The average Bonchev–Trinajstić information content (AvgIpc) is 2.47. The Labute approximate surface area is 147 Å². The summed E-state index contributed by atoms with van der Waals surface area (Å²) in [5, 5.41) is 3.04. The molecule has 0 aliphatic rings. The first-order valence-electron chi connectivity index (χ1n) is 7.28. The van der Waals surface area contributed by atoms with Gasteiger partial charge in [-0.25, -0.2) is 8.42 Å². The highest BCUT2D eigenvalue weighted by Gasteiger charge is 2.24. The van der Waals surface area contributed by atoms with Gasteiger partial charge in [-0.3, -0.25) is 9.10 Å². The van der Waals surface area contributed by atoms with Crippen molar-refractivity contribution in [2.24, 2.45) is 0 Å². The zero-order valence-electron chi connectivity index (χ0n) is 13.7. The van der Waals surface area contributed by atoms with E-state index in [-0.39, 0.29) is 6.54 Å². The molecular formula is C17H19ClN2O3S. The fourth-order valence-electron chi connectivity index (χ4n) is 2.44. The van der Waals surface area contributed by atoms with Crippen LogP contribution < -0.4 is 9.62 Å². The van der Waals surface area contributed by atoms with Gasteiger partial charge in [0.25, 0.3) is 0 Å². The Hall–Kier alpha value is -2.05. The highest BCUT2D eigenvalue weighted by molar-refractivity contribution is 7.92. The zero-order chi connectivity index (χ0) is 17.9. The van der Waals surface area contributed by atoms with E-state index in [9.17, 15) is 13.2 Å². The van der Waals surface area contributed by atoms with Crippen molar-refractivity contribution in [1.82, 2.24) is 0 Å². The first kappa shape index (κ1) is 18.3. The van der Waals surface area contributed by atoms with E-state index < -0.39 is 15.9 Å². The number of carbonyl (C=O) groups is 1. The smallest absolute Gasteiger partial charge is 0.245 e. The van der Waals surface area contributed by atoms with Crippen LogP contribution in [0.15, 0.2) is 42.5 Å². The maximum atomic E-state index is 12.3. The minimum Gasteiger partial charge on any atom is -0.323 e. The molecule has 0 saturated carbocycles. The Bertz CT molecular complexity index is 846. The highest BCUT2D eigenvalue weighted by atomic mass is 35.5. The molecule has 128 valence electrons. The van der Waals surface area contributed by atoms with Gasteiger partial charge in [0.15, 0.2) is 0 Å². The third kappa shape index (κ3) is 4.27. The normalized spacial score (nSPS) is 11.2. The van der Waals surface area contributed by atoms with Crippen molar-refractivity contribution in [2.45, 2.75) is 13.8 Å². The minimum absolute atomic E-state index is 0.324. The fourth-order valence-corrected chi connectivity index (χ4v) is 3.60. The van der Waals surface area contributed by atoms with E-state index in [4.69, 9.17) is 11.6 Å². The van der Waals surface area contributed by atoms with Gasteiger partial charge in [0, 0.05) is 0 Å². The van der Waals surface area contributed by atoms with Gasteiger partial charge in [-0.2, -0.15) is 0 Å². The second kappa shape index (κ2) is 7.23. The van der Waals surface area contributed by atoms with Crippen molar-refractivity contribution in [2.75, 3.05) is 22.4 Å². The molecule has 2 rings (SSSR count). The summed E-state index contributed by atoms with van der Waals surface area (Å²) in [4.78, 5) is 12.3. The number of para-hydroxylation sites is 2. The molecule has 0 heterocycles. The van der Waals surface area contributed by atoms with E-state index in [1.54, 1.807) is 24.3 Å². The lowest BCUT2D eigenvalue weighted by atomic mass is 10.1. The van der Waals surface area contributed by atoms with Gasteiger partial charge in [0.2, 0.25) is 15.9 Å². The molecule has 0 spiro atoms. The zero-order valence-corrected chi connectivity index (χ0v) is 15.3. The largest absolute Gasteiger partial charge is 0.323 e. The molecule has 0 bridgehead atoms. The van der Waals surface area contributed by atoms with Crippen molar-refractivity contribution in [3.05, 3.63) is 58.6 Å². The SMILES string of the molecule is Cc1cccc(C)c1N(CC(=O)Nc1ccccc1Cl)S(C)(=O)=O. The third-order valence-electron chi connectivity index (χ3n) is 3.52. The number of hydrogen-bond acceptors (Lipinski definition) is 3. The molecule has 0 unspecified atom stereocenters. The summed E-state index contributed by atoms with van der Waals surface area (Å²) in [6.45, 7) is 3.30. The number of carbonyl (C=O) groups excluding carboxylic acids is 1. The summed E-state index contributed by atoms with van der Waals surface area (Å²) in [6.07, 6.45) is 1.08. The van der Waals surface area contributed by atoms with Crippen LogP contribution in [-0.4, -0.2) is 27.1 Å². The molecule has 0 radical (unpaired) electrons. The van der Waals surface area contributed by atoms with Gasteiger partial charge in [-0.1, -0.05) is 41.9 Å². The third-order valence-corrected chi connectivity index (χ3v) is 4.97. The molecule has 5 nitrogen and oxygen atoms in total. The molecule has 0 aromatic heterocycles. The van der Waals surface area contributed by atoms with Crippen LogP contribution >= 0.6 is 11.6 Å². The number of aryl methyl sites for hydroxylation is 2. The summed E-state index contributed by atoms with van der Waals surface area (Å²) in [7, 11) is -3.62. The number of hydrogen-bond donors (Lipinski definition) is 1. The average molecular weight is 367 g/mol. The van der Waals surface area contributed by atoms with E-state index in [1.165, 1.54) is 0 Å². The van der Waals surface area contributed by atoms with E-state index in [1.807, 2.05) is 32.0 Å². The molecule has 1 N–H and O–H groups in total. The number of halogens is 1. The van der Waals surface area contributed by atoms with Crippen LogP contribution in [0.1, 0.15) is 11.1 Å². The Morgan fingerprint density at radius 3 is 2.21 bits per heavy atom. The lowest BCUT2D eigenvalue weighted by Crippen LogP contribution is -2.38. The van der Waals surface area contributed by atoms with Gasteiger partial charge in [0.1, 0.15) is 6.54 Å². The number of benzene rings is 2. The standard InChI is InChI=1S/C17H19ClN2O3S/c1-12-7-6-8-13(2)17(12)20(24(3,22)23)11-16(21)19-15-10-5-4-9-14(15)18/h4-10H,11H2,1-3H3,(H,19,21). The Morgan fingerprint density at radius 2 is 1.67 bits per heavy atom. The molecule has 2 aromatic carbocycles. The van der Waals surface area contributed by atoms with E-state index in [2.05, 4.69) is 5.32 Å². The van der Waals surface area contributed by atoms with Crippen LogP contribution in [-0.2, 0) is 14.8 Å². The van der Waals surface area contributed by atoms with Crippen molar-refractivity contribution in [3.63, 3.8) is 0 Å². The number of sulfonamides is 1. The van der Waals surface area contributed by atoms with E-state index >= 15 is 0 Å². The maximum absolute atomic E-state index is 12.3. The van der Waals surface area contributed by atoms with Gasteiger partial charge in [-0.05, 0) is 37.1 Å². The monoisotopic (exact) mass is 366 g/mol. The lowest BCUT2D eigenvalue weighted by molar-refractivity contribution is -0.114. The summed E-state index contributed by atoms with van der Waals surface area (Å²) in [5.74, 6) is -0.462. The number of amides is 1. The second-order valence-corrected chi connectivity index (χ2v) is 7.85. The molecular weight excluding hydrogens is 348 g/mol. The molecule has 0 atom stereocenters. The predicted octanol–water partition coefficient (Wildman–Crippen LogP) is 3.36. The van der Waals surface area contributed by atoms with E-state index in [0.717, 1.165) is 21.7 Å². The Balaban J connectivity index is 2.31. The van der Waals surface area contributed by atoms with Crippen molar-refractivity contribution >= 4 is 38.9 Å². The predicted molar refractivity (Wildman–Crippen MR) is 98.2 cm³/mol. The quantitative estimate of drug-likeness (QED) is 0.882. The minimum atomic E-state index is -3.62. The molecule has 0 aliphatic heterocycles. The molecule has 0 aliphatic carbocycles. The molecule has 0 saturated heterocycles. The van der Waals surface area contributed by atoms with Gasteiger partial charge in [0.05, 0.1) is 22.7 Å². The summed E-state index contributed by atoms with van der Waals surface area (Å²) >= 11 is 6.02. The Morgan fingerprint density at radius 1 is 1.08 bits per heavy atom. The molecule has 2 aromatic rings. The summed E-state index contributed by atoms with van der Waals surface area (Å²) < 4.78 is 25.5. The lowest BCUT2D eigenvalue weighted by Gasteiger charge is -2.25. The fraction of sp³-hybridized carbons (Fsp3) is 0.235. The highest BCUT2D eigenvalue weighted by Crippen LogP contribution is 2.27. The van der Waals surface area contributed by atoms with Crippen LogP contribution in [0.3, 0.4) is 0 Å². The van der Waals surface area contributed by atoms with Crippen LogP contribution in [0.2, 0.25) is 5.02 Å². The van der Waals surface area contributed by atoms with Crippen LogP contribution in [0.25, 0.3) is 0 Å². The number of rotatable bonds is 5. The van der Waals surface area contributed by atoms with Gasteiger partial charge in [-0.15, -0.1) is 0 Å². The first-order valence-corrected chi connectivity index (χ1v) is 9.51. The number of nitrogens with one attached hydrogen (secondary N) is 1. The second-order valence-electron chi connectivity index (χ2n) is 5.54. The number of anilines is 2. The van der Waals surface area contributed by atoms with Crippen LogP contribution in [0, 0.1) is 13.8 Å². The van der Waals surface area contributed by atoms with Crippen LogP contribution in [0.4, 0.5) is 11.4 Å². The van der Waals surface area contributed by atoms with Gasteiger partial charge >= 0.3 is 0 Å². The summed E-state index contributed by atoms with van der Waals surface area (Å²) in [6, 6.07) is 12.3. The Kier molecular flexibility index (Phi) is 5.51. The molecule has 7 heteroatoms. The maximum Gasteiger partial charge on any atom is 0.245 e. The summed E-state index contributed by atoms with van der Waals surface area (Å²) in [5.41, 5.74) is 2.53. The van der Waals surface area contributed by atoms with Crippen LogP contribution in [0.5, 0.6) is 0 Å². The molecule has 1 amide bonds. The van der Waals surface area contributed by atoms with Crippen molar-refractivity contribution in [1.29, 1.82) is 0 Å². The first-order chi connectivity index (χ1) is 11.2.